The van der Waals surface area contributed by atoms with Crippen LogP contribution in [-0.4, -0.2) is 9.55 Å². The van der Waals surface area contributed by atoms with Crippen molar-refractivity contribution in [2.45, 2.75) is 52.0 Å². The summed E-state index contributed by atoms with van der Waals surface area (Å²) in [6.45, 7) is 4.49. The smallest absolute Gasteiger partial charge is 0.106 e. The molecule has 0 radical (unpaired) electrons. The lowest BCUT2D eigenvalue weighted by Gasteiger charge is -2.19. The molecule has 3 rings (SSSR count). The van der Waals surface area contributed by atoms with E-state index in [0.29, 0.717) is 6.04 Å². The first-order valence-corrected chi connectivity index (χ1v) is 7.39. The van der Waals surface area contributed by atoms with Crippen molar-refractivity contribution in [3.8, 4) is 0 Å². The Kier molecular flexibility index (Phi) is 3.21. The number of benzene rings is 1. The fourth-order valence-electron chi connectivity index (χ4n) is 3.42. The van der Waals surface area contributed by atoms with E-state index in [2.05, 4.69) is 29.5 Å². The van der Waals surface area contributed by atoms with Crippen molar-refractivity contribution in [3.05, 3.63) is 24.0 Å². The molecule has 2 N–H and O–H groups in total. The van der Waals surface area contributed by atoms with E-state index in [0.717, 1.165) is 22.9 Å². The Morgan fingerprint density at radius 2 is 2.05 bits per heavy atom. The minimum Gasteiger partial charge on any atom is -0.399 e. The molecule has 1 heterocycles. The van der Waals surface area contributed by atoms with Crippen molar-refractivity contribution in [2.24, 2.45) is 5.92 Å². The van der Waals surface area contributed by atoms with Gasteiger partial charge in [0.1, 0.15) is 5.82 Å². The molecule has 1 aromatic carbocycles. The number of nitrogens with zero attached hydrogens (tertiary/aromatic N) is 2. The van der Waals surface area contributed by atoms with E-state index in [4.69, 9.17) is 5.73 Å². The highest BCUT2D eigenvalue weighted by atomic mass is 15.1. The van der Waals surface area contributed by atoms with E-state index in [1.807, 2.05) is 12.1 Å². The van der Waals surface area contributed by atoms with Gasteiger partial charge >= 0.3 is 0 Å². The summed E-state index contributed by atoms with van der Waals surface area (Å²) in [6.07, 6.45) is 6.59. The Bertz CT molecular complexity index is 585. The molecule has 3 heteroatoms. The summed E-state index contributed by atoms with van der Waals surface area (Å²) in [4.78, 5) is 4.68. The van der Waals surface area contributed by atoms with Crippen LogP contribution in [0.3, 0.4) is 0 Å². The fraction of sp³-hybridized carbons (Fsp3) is 0.562. The van der Waals surface area contributed by atoms with Gasteiger partial charge in [-0.1, -0.05) is 19.8 Å². The van der Waals surface area contributed by atoms with Crippen LogP contribution in [0.1, 0.15) is 50.9 Å². The molecule has 1 aromatic heterocycles. The second kappa shape index (κ2) is 4.87. The molecule has 3 nitrogen and oxygen atoms in total. The van der Waals surface area contributed by atoms with Gasteiger partial charge in [-0.15, -0.1) is 0 Å². The molecule has 2 atom stereocenters. The molecule has 102 valence electrons. The Morgan fingerprint density at radius 3 is 2.89 bits per heavy atom. The van der Waals surface area contributed by atoms with E-state index in [1.54, 1.807) is 0 Å². The lowest BCUT2D eigenvalue weighted by molar-refractivity contribution is 0.434. The maximum atomic E-state index is 5.86. The van der Waals surface area contributed by atoms with E-state index in [9.17, 15) is 0 Å². The minimum atomic E-state index is 0.610. The fourth-order valence-corrected chi connectivity index (χ4v) is 3.42. The van der Waals surface area contributed by atoms with Crippen molar-refractivity contribution in [1.82, 2.24) is 9.55 Å². The standard InChI is InChI=1S/C16H23N3/c1-11-4-3-5-14(8-6-11)19-12(2)18-15-10-13(17)7-9-16(15)19/h7,9-11,14H,3-6,8,17H2,1-2H3. The number of imidazole rings is 1. The third kappa shape index (κ3) is 2.34. The number of hydrogen-bond donors (Lipinski definition) is 1. The molecular weight excluding hydrogens is 234 g/mol. The van der Waals surface area contributed by atoms with Crippen LogP contribution in [0.4, 0.5) is 5.69 Å². The first kappa shape index (κ1) is 12.5. The van der Waals surface area contributed by atoms with Crippen LogP contribution >= 0.6 is 0 Å². The average Bonchev–Trinajstić information content (AvgIpc) is 2.54. The third-order valence-corrected chi connectivity index (χ3v) is 4.48. The zero-order chi connectivity index (χ0) is 13.4. The summed E-state index contributed by atoms with van der Waals surface area (Å²) in [5.74, 6) is 2.00. The number of anilines is 1. The molecule has 0 amide bonds. The number of fused-ring (bicyclic) bond motifs is 1. The van der Waals surface area contributed by atoms with E-state index >= 15 is 0 Å². The average molecular weight is 257 g/mol. The molecule has 0 aliphatic heterocycles. The summed E-state index contributed by atoms with van der Waals surface area (Å²) < 4.78 is 2.44. The van der Waals surface area contributed by atoms with E-state index < -0.39 is 0 Å². The molecular formula is C16H23N3. The number of aryl methyl sites for hydroxylation is 1. The van der Waals surface area contributed by atoms with Crippen molar-refractivity contribution in [1.29, 1.82) is 0 Å². The summed E-state index contributed by atoms with van der Waals surface area (Å²) in [5, 5.41) is 0. The van der Waals surface area contributed by atoms with Crippen molar-refractivity contribution >= 4 is 16.7 Å². The molecule has 2 unspecified atom stereocenters. The second-order valence-electron chi connectivity index (χ2n) is 6.04. The number of hydrogen-bond acceptors (Lipinski definition) is 2. The lowest BCUT2D eigenvalue weighted by atomic mass is 10.0. The molecule has 2 aromatic rings. The Morgan fingerprint density at radius 1 is 1.21 bits per heavy atom. The van der Waals surface area contributed by atoms with Gasteiger partial charge in [-0.25, -0.2) is 4.98 Å². The normalized spacial score (nSPS) is 24.5. The summed E-state index contributed by atoms with van der Waals surface area (Å²) in [5.41, 5.74) is 8.93. The highest BCUT2D eigenvalue weighted by molar-refractivity contribution is 5.79. The van der Waals surface area contributed by atoms with Gasteiger partial charge in [-0.3, -0.25) is 0 Å². The molecule has 1 saturated carbocycles. The largest absolute Gasteiger partial charge is 0.399 e. The monoisotopic (exact) mass is 257 g/mol. The van der Waals surface area contributed by atoms with Crippen LogP contribution < -0.4 is 5.73 Å². The molecule has 1 fully saturated rings. The van der Waals surface area contributed by atoms with Gasteiger partial charge in [-0.2, -0.15) is 0 Å². The molecule has 19 heavy (non-hydrogen) atoms. The number of nitrogen functional groups attached to an aromatic ring is 1. The Labute approximate surface area is 114 Å². The molecule has 0 saturated heterocycles. The predicted molar refractivity (Wildman–Crippen MR) is 80.2 cm³/mol. The van der Waals surface area contributed by atoms with Crippen LogP contribution in [0, 0.1) is 12.8 Å². The molecule has 0 spiro atoms. The molecule has 0 bridgehead atoms. The first-order chi connectivity index (χ1) is 9.15. The van der Waals surface area contributed by atoms with Crippen LogP contribution in [0.2, 0.25) is 0 Å². The first-order valence-electron chi connectivity index (χ1n) is 7.39. The lowest BCUT2D eigenvalue weighted by Crippen LogP contribution is -2.10. The number of rotatable bonds is 1. The van der Waals surface area contributed by atoms with Gasteiger partial charge in [0.15, 0.2) is 0 Å². The summed E-state index contributed by atoms with van der Waals surface area (Å²) in [7, 11) is 0. The highest BCUT2D eigenvalue weighted by Crippen LogP contribution is 2.33. The van der Waals surface area contributed by atoms with Gasteiger partial charge < -0.3 is 10.3 Å². The Hall–Kier alpha value is -1.51. The van der Waals surface area contributed by atoms with Gasteiger partial charge in [0.25, 0.3) is 0 Å². The minimum absolute atomic E-state index is 0.610. The zero-order valence-corrected chi connectivity index (χ0v) is 11.9. The topological polar surface area (TPSA) is 43.8 Å². The van der Waals surface area contributed by atoms with Gasteiger partial charge in [0.05, 0.1) is 11.0 Å². The van der Waals surface area contributed by atoms with Crippen molar-refractivity contribution in [2.75, 3.05) is 5.73 Å². The number of aromatic nitrogens is 2. The maximum Gasteiger partial charge on any atom is 0.106 e. The Balaban J connectivity index is 2.01. The van der Waals surface area contributed by atoms with Crippen LogP contribution in [0.25, 0.3) is 11.0 Å². The predicted octanol–water partition coefficient (Wildman–Crippen LogP) is 4.07. The van der Waals surface area contributed by atoms with Gasteiger partial charge in [0.2, 0.25) is 0 Å². The quantitative estimate of drug-likeness (QED) is 0.618. The van der Waals surface area contributed by atoms with Crippen molar-refractivity contribution < 1.29 is 0 Å². The summed E-state index contributed by atoms with van der Waals surface area (Å²) >= 11 is 0. The third-order valence-electron chi connectivity index (χ3n) is 4.48. The zero-order valence-electron chi connectivity index (χ0n) is 11.9. The van der Waals surface area contributed by atoms with Gasteiger partial charge in [0, 0.05) is 11.7 Å². The van der Waals surface area contributed by atoms with E-state index in [-0.39, 0.29) is 0 Å². The number of nitrogens with two attached hydrogens (primary N) is 1. The second-order valence-corrected chi connectivity index (χ2v) is 6.04. The van der Waals surface area contributed by atoms with E-state index in [1.165, 1.54) is 37.6 Å². The van der Waals surface area contributed by atoms with Crippen molar-refractivity contribution in [3.63, 3.8) is 0 Å². The SMILES string of the molecule is Cc1nc2cc(N)ccc2n1C1CCCC(C)CC1. The van der Waals surface area contributed by atoms with Gasteiger partial charge in [-0.05, 0) is 50.3 Å². The molecule has 1 aliphatic rings. The molecule has 1 aliphatic carbocycles. The highest BCUT2D eigenvalue weighted by Gasteiger charge is 2.21. The summed E-state index contributed by atoms with van der Waals surface area (Å²) in [6, 6.07) is 6.70. The van der Waals surface area contributed by atoms with Crippen LogP contribution in [0.15, 0.2) is 18.2 Å². The maximum absolute atomic E-state index is 5.86. The van der Waals surface area contributed by atoms with Crippen LogP contribution in [0.5, 0.6) is 0 Å². The van der Waals surface area contributed by atoms with Crippen LogP contribution in [-0.2, 0) is 0 Å².